The molecular weight excluding hydrogens is 288 g/mol. The van der Waals surface area contributed by atoms with E-state index >= 15 is 0 Å². The fourth-order valence-corrected chi connectivity index (χ4v) is 3.61. The summed E-state index contributed by atoms with van der Waals surface area (Å²) in [6.45, 7) is 3.02. The number of thiophene rings is 1. The summed E-state index contributed by atoms with van der Waals surface area (Å²) in [5.41, 5.74) is 1.27. The summed E-state index contributed by atoms with van der Waals surface area (Å²) >= 11 is 7.72. The summed E-state index contributed by atoms with van der Waals surface area (Å²) in [7, 11) is 0. The molecule has 0 radical (unpaired) electrons. The lowest BCUT2D eigenvalue weighted by Crippen LogP contribution is -2.21. The highest BCUT2D eigenvalue weighted by atomic mass is 35.5. The van der Waals surface area contributed by atoms with Gasteiger partial charge in [-0.2, -0.15) is 0 Å². The first-order valence-corrected chi connectivity index (χ1v) is 7.80. The number of benzene rings is 1. The first-order valence-electron chi connectivity index (χ1n) is 6.61. The average Bonchev–Trinajstić information content (AvgIpc) is 2.91. The Kier molecular flexibility index (Phi) is 4.01. The number of nitrogens with zero attached hydrogens (tertiary/aromatic N) is 1. The Balaban J connectivity index is 2.14. The molecule has 0 spiro atoms. The molecule has 3 aromatic rings. The molecule has 0 fully saturated rings. The van der Waals surface area contributed by atoms with Crippen LogP contribution in [0.25, 0.3) is 10.8 Å². The van der Waals surface area contributed by atoms with Gasteiger partial charge in [-0.15, -0.1) is 11.3 Å². The lowest BCUT2D eigenvalue weighted by molar-refractivity contribution is 0.643. The maximum atomic E-state index is 6.09. The monoisotopic (exact) mass is 302 g/mol. The second-order valence-electron chi connectivity index (χ2n) is 4.58. The van der Waals surface area contributed by atoms with Crippen LogP contribution in [0.5, 0.6) is 0 Å². The van der Waals surface area contributed by atoms with Crippen LogP contribution in [0.3, 0.4) is 0 Å². The highest BCUT2D eigenvalue weighted by Crippen LogP contribution is 2.34. The molecule has 102 valence electrons. The van der Waals surface area contributed by atoms with Crippen molar-refractivity contribution in [2.24, 2.45) is 0 Å². The fraction of sp³-hybridized carbons (Fsp3) is 0.188. The van der Waals surface area contributed by atoms with Gasteiger partial charge in [0.1, 0.15) is 0 Å². The van der Waals surface area contributed by atoms with E-state index in [9.17, 15) is 0 Å². The molecule has 1 atom stereocenters. The highest BCUT2D eigenvalue weighted by molar-refractivity contribution is 7.16. The molecule has 0 bridgehead atoms. The van der Waals surface area contributed by atoms with E-state index < -0.39 is 0 Å². The van der Waals surface area contributed by atoms with Gasteiger partial charge >= 0.3 is 0 Å². The van der Waals surface area contributed by atoms with E-state index in [-0.39, 0.29) is 6.04 Å². The zero-order chi connectivity index (χ0) is 13.9. The Morgan fingerprint density at radius 3 is 2.90 bits per heavy atom. The van der Waals surface area contributed by atoms with E-state index in [1.807, 2.05) is 18.5 Å². The third-order valence-electron chi connectivity index (χ3n) is 3.31. The Hall–Kier alpha value is -1.42. The predicted molar refractivity (Wildman–Crippen MR) is 86.6 cm³/mol. The summed E-state index contributed by atoms with van der Waals surface area (Å²) < 4.78 is 0.824. The van der Waals surface area contributed by atoms with E-state index in [1.54, 1.807) is 11.3 Å². The van der Waals surface area contributed by atoms with E-state index in [0.717, 1.165) is 16.3 Å². The van der Waals surface area contributed by atoms with Gasteiger partial charge in [0.2, 0.25) is 0 Å². The van der Waals surface area contributed by atoms with Crippen LogP contribution in [-0.4, -0.2) is 11.5 Å². The molecule has 2 nitrogen and oxygen atoms in total. The number of hydrogen-bond donors (Lipinski definition) is 1. The highest BCUT2D eigenvalue weighted by Gasteiger charge is 2.17. The van der Waals surface area contributed by atoms with Crippen molar-refractivity contribution in [3.05, 3.63) is 63.6 Å². The van der Waals surface area contributed by atoms with Gasteiger partial charge in [0.05, 0.1) is 10.4 Å². The van der Waals surface area contributed by atoms with E-state index in [1.165, 1.54) is 15.8 Å². The zero-order valence-corrected chi connectivity index (χ0v) is 12.7. The number of hydrogen-bond acceptors (Lipinski definition) is 3. The first kappa shape index (κ1) is 13.6. The lowest BCUT2D eigenvalue weighted by atomic mass is 9.99. The van der Waals surface area contributed by atoms with Crippen LogP contribution in [0.15, 0.2) is 48.8 Å². The molecule has 0 amide bonds. The molecule has 0 aliphatic heterocycles. The molecule has 1 N–H and O–H groups in total. The minimum absolute atomic E-state index is 0.170. The number of rotatable bonds is 4. The zero-order valence-electron chi connectivity index (χ0n) is 11.1. The van der Waals surface area contributed by atoms with Crippen molar-refractivity contribution in [2.45, 2.75) is 13.0 Å². The normalized spacial score (nSPS) is 12.7. The fourth-order valence-electron chi connectivity index (χ4n) is 2.45. The van der Waals surface area contributed by atoms with Crippen LogP contribution in [0.1, 0.15) is 23.4 Å². The van der Waals surface area contributed by atoms with Crippen LogP contribution in [0.4, 0.5) is 0 Å². The van der Waals surface area contributed by atoms with Crippen molar-refractivity contribution in [2.75, 3.05) is 6.54 Å². The van der Waals surface area contributed by atoms with Gasteiger partial charge in [0.25, 0.3) is 0 Å². The van der Waals surface area contributed by atoms with Crippen molar-refractivity contribution in [1.29, 1.82) is 0 Å². The smallest absolute Gasteiger partial charge is 0.0931 e. The van der Waals surface area contributed by atoms with Gasteiger partial charge in [0.15, 0.2) is 0 Å². The Labute approximate surface area is 127 Å². The SMILES string of the molecule is CCNC(c1ccc(Cl)s1)c1cccc2cnccc12. The Bertz CT molecular complexity index is 718. The van der Waals surface area contributed by atoms with Crippen LogP contribution < -0.4 is 5.32 Å². The van der Waals surface area contributed by atoms with Crippen molar-refractivity contribution in [1.82, 2.24) is 10.3 Å². The van der Waals surface area contributed by atoms with Crippen molar-refractivity contribution in [3.63, 3.8) is 0 Å². The van der Waals surface area contributed by atoms with Crippen LogP contribution in [-0.2, 0) is 0 Å². The van der Waals surface area contributed by atoms with Crippen LogP contribution >= 0.6 is 22.9 Å². The Morgan fingerprint density at radius 2 is 2.15 bits per heavy atom. The van der Waals surface area contributed by atoms with Gasteiger partial charge in [-0.3, -0.25) is 4.98 Å². The topological polar surface area (TPSA) is 24.9 Å². The molecule has 2 aromatic heterocycles. The number of aromatic nitrogens is 1. The number of halogens is 1. The van der Waals surface area contributed by atoms with E-state index in [0.29, 0.717) is 0 Å². The third kappa shape index (κ3) is 2.57. The maximum absolute atomic E-state index is 6.09. The molecule has 0 aliphatic rings. The predicted octanol–water partition coefficient (Wildman–Crippen LogP) is 4.65. The minimum atomic E-state index is 0.170. The quantitative estimate of drug-likeness (QED) is 0.759. The second kappa shape index (κ2) is 5.92. The average molecular weight is 303 g/mol. The van der Waals surface area contributed by atoms with Gasteiger partial charge in [-0.25, -0.2) is 0 Å². The molecule has 3 rings (SSSR count). The summed E-state index contributed by atoms with van der Waals surface area (Å²) in [5, 5.41) is 5.95. The molecule has 20 heavy (non-hydrogen) atoms. The standard InChI is InChI=1S/C16H15ClN2S/c1-2-19-16(14-6-7-15(17)20-14)13-5-3-4-11-10-18-9-8-12(11)13/h3-10,16,19H,2H2,1H3. The molecule has 4 heteroatoms. The van der Waals surface area contributed by atoms with Crippen molar-refractivity contribution in [3.8, 4) is 0 Å². The van der Waals surface area contributed by atoms with E-state index in [4.69, 9.17) is 11.6 Å². The molecule has 0 saturated carbocycles. The summed E-state index contributed by atoms with van der Waals surface area (Å²) in [6.07, 6.45) is 3.75. The van der Waals surface area contributed by atoms with E-state index in [2.05, 4.69) is 47.6 Å². The van der Waals surface area contributed by atoms with Crippen molar-refractivity contribution >= 4 is 33.7 Å². The molecule has 0 saturated heterocycles. The lowest BCUT2D eigenvalue weighted by Gasteiger charge is -2.19. The molecule has 1 aromatic carbocycles. The Morgan fingerprint density at radius 1 is 1.25 bits per heavy atom. The second-order valence-corrected chi connectivity index (χ2v) is 6.32. The van der Waals surface area contributed by atoms with Gasteiger partial charge in [-0.1, -0.05) is 36.7 Å². The van der Waals surface area contributed by atoms with Crippen LogP contribution in [0, 0.1) is 0 Å². The van der Waals surface area contributed by atoms with Gasteiger partial charge < -0.3 is 5.32 Å². The molecule has 0 aliphatic carbocycles. The third-order valence-corrected chi connectivity index (χ3v) is 4.61. The molecule has 2 heterocycles. The van der Waals surface area contributed by atoms with Crippen LogP contribution in [0.2, 0.25) is 4.34 Å². The minimum Gasteiger partial charge on any atom is -0.306 e. The summed E-state index contributed by atoms with van der Waals surface area (Å²) in [5.74, 6) is 0. The molecular formula is C16H15ClN2S. The summed E-state index contributed by atoms with van der Waals surface area (Å²) in [6, 6.07) is 12.6. The number of nitrogens with one attached hydrogen (secondary N) is 1. The molecule has 1 unspecified atom stereocenters. The first-order chi connectivity index (χ1) is 9.79. The largest absolute Gasteiger partial charge is 0.306 e. The van der Waals surface area contributed by atoms with Gasteiger partial charge in [0, 0.05) is 22.7 Å². The number of fused-ring (bicyclic) bond motifs is 1. The summed E-state index contributed by atoms with van der Waals surface area (Å²) in [4.78, 5) is 5.43. The number of pyridine rings is 1. The van der Waals surface area contributed by atoms with Crippen molar-refractivity contribution < 1.29 is 0 Å². The maximum Gasteiger partial charge on any atom is 0.0931 e. The van der Waals surface area contributed by atoms with Gasteiger partial charge in [-0.05, 0) is 35.7 Å².